The van der Waals surface area contributed by atoms with Crippen LogP contribution in [-0.2, 0) is 6.42 Å². The summed E-state index contributed by atoms with van der Waals surface area (Å²) in [5.41, 5.74) is 2.96. The second-order valence-corrected chi connectivity index (χ2v) is 7.07. The van der Waals surface area contributed by atoms with E-state index in [1.165, 1.54) is 12.8 Å². The number of hydrogen-bond acceptors (Lipinski definition) is 3. The number of aromatic amines is 1. The van der Waals surface area contributed by atoms with Gasteiger partial charge in [0.1, 0.15) is 5.69 Å². The molecule has 2 atom stereocenters. The Morgan fingerprint density at radius 3 is 2.35 bits per heavy atom. The molecule has 2 unspecified atom stereocenters. The second kappa shape index (κ2) is 6.11. The van der Waals surface area contributed by atoms with Crippen LogP contribution >= 0.6 is 0 Å². The van der Waals surface area contributed by atoms with Crippen molar-refractivity contribution in [2.75, 3.05) is 7.05 Å². The summed E-state index contributed by atoms with van der Waals surface area (Å²) in [6.07, 6.45) is 5.18. The number of H-pyrrole nitrogens is 1. The van der Waals surface area contributed by atoms with E-state index in [4.69, 9.17) is 0 Å². The summed E-state index contributed by atoms with van der Waals surface area (Å²) in [6.45, 7) is 5.44. The lowest BCUT2D eigenvalue weighted by atomic mass is 9.97. The summed E-state index contributed by atoms with van der Waals surface area (Å²) in [5, 5.41) is 3.61. The van der Waals surface area contributed by atoms with E-state index in [1.54, 1.807) is 6.92 Å². The number of amides is 1. The molecule has 0 spiro atoms. The van der Waals surface area contributed by atoms with Crippen molar-refractivity contribution >= 4 is 11.7 Å². The first-order chi connectivity index (χ1) is 10.9. The Morgan fingerprint density at radius 1 is 1.22 bits per heavy atom. The molecule has 2 aliphatic rings. The van der Waals surface area contributed by atoms with Gasteiger partial charge in [-0.3, -0.25) is 9.59 Å². The predicted molar refractivity (Wildman–Crippen MR) is 90.0 cm³/mol. The highest BCUT2D eigenvalue weighted by molar-refractivity contribution is 6.02. The van der Waals surface area contributed by atoms with E-state index < -0.39 is 0 Å². The van der Waals surface area contributed by atoms with Crippen LogP contribution in [0.25, 0.3) is 0 Å². The fourth-order valence-corrected chi connectivity index (χ4v) is 4.38. The first kappa shape index (κ1) is 16.2. The first-order valence-electron chi connectivity index (χ1n) is 8.67. The van der Waals surface area contributed by atoms with Gasteiger partial charge in [-0.15, -0.1) is 0 Å². The maximum absolute atomic E-state index is 13.0. The molecule has 3 rings (SSSR count). The van der Waals surface area contributed by atoms with Crippen LogP contribution in [0.2, 0.25) is 0 Å². The molecular formula is C18H27N3O2. The number of fused-ring (bicyclic) bond motifs is 2. The lowest BCUT2D eigenvalue weighted by Crippen LogP contribution is -2.48. The van der Waals surface area contributed by atoms with Crippen LogP contribution in [0, 0.1) is 6.92 Å². The Kier molecular flexibility index (Phi) is 4.32. The number of nitrogens with zero attached hydrogens (tertiary/aromatic N) is 1. The summed E-state index contributed by atoms with van der Waals surface area (Å²) in [6, 6.07) is 1.39. The number of aryl methyl sites for hydroxylation is 1. The standard InChI is InChI=1S/C18H27N3O2/c1-5-15-16(11(3)22)10(2)19-17(15)18(23)21(4)14-8-12-6-7-13(9-14)20-12/h12-14,19-20H,5-9H2,1-4H3. The highest BCUT2D eigenvalue weighted by Gasteiger charge is 2.37. The fraction of sp³-hybridized carbons (Fsp3) is 0.667. The van der Waals surface area contributed by atoms with Crippen molar-refractivity contribution in [3.8, 4) is 0 Å². The molecule has 5 nitrogen and oxygen atoms in total. The molecule has 0 saturated carbocycles. The van der Waals surface area contributed by atoms with Gasteiger partial charge in [-0.05, 0) is 51.5 Å². The van der Waals surface area contributed by atoms with E-state index in [-0.39, 0.29) is 17.7 Å². The molecule has 0 aromatic carbocycles. The van der Waals surface area contributed by atoms with Crippen LogP contribution in [-0.4, -0.2) is 46.7 Å². The minimum atomic E-state index is 0.0174. The minimum absolute atomic E-state index is 0.0174. The van der Waals surface area contributed by atoms with Crippen LogP contribution in [0.3, 0.4) is 0 Å². The molecule has 1 aromatic rings. The Labute approximate surface area is 137 Å². The zero-order valence-electron chi connectivity index (χ0n) is 14.5. The minimum Gasteiger partial charge on any atom is -0.354 e. The van der Waals surface area contributed by atoms with Gasteiger partial charge in [0, 0.05) is 36.4 Å². The quantitative estimate of drug-likeness (QED) is 0.838. The van der Waals surface area contributed by atoms with Gasteiger partial charge in [0.05, 0.1) is 0 Å². The summed E-state index contributed by atoms with van der Waals surface area (Å²) in [5.74, 6) is 0.0426. The highest BCUT2D eigenvalue weighted by atomic mass is 16.2. The largest absolute Gasteiger partial charge is 0.354 e. The van der Waals surface area contributed by atoms with Gasteiger partial charge >= 0.3 is 0 Å². The maximum Gasteiger partial charge on any atom is 0.270 e. The third kappa shape index (κ3) is 2.82. The van der Waals surface area contributed by atoms with Crippen molar-refractivity contribution in [2.45, 2.75) is 71.0 Å². The lowest BCUT2D eigenvalue weighted by Gasteiger charge is -2.35. The number of hydrogen-bond donors (Lipinski definition) is 2. The summed E-state index contributed by atoms with van der Waals surface area (Å²) < 4.78 is 0. The normalized spacial score (nSPS) is 26.3. The molecule has 2 saturated heterocycles. The number of carbonyl (C=O) groups is 2. The third-order valence-corrected chi connectivity index (χ3v) is 5.53. The second-order valence-electron chi connectivity index (χ2n) is 7.07. The lowest BCUT2D eigenvalue weighted by molar-refractivity contribution is 0.0675. The number of aromatic nitrogens is 1. The molecule has 126 valence electrons. The molecule has 2 fully saturated rings. The average Bonchev–Trinajstić information content (AvgIpc) is 3.04. The number of Topliss-reactive ketones (excluding diaryl/α,β-unsaturated/α-hetero) is 1. The molecule has 1 aromatic heterocycles. The number of rotatable bonds is 4. The highest BCUT2D eigenvalue weighted by Crippen LogP contribution is 2.30. The van der Waals surface area contributed by atoms with Crippen molar-refractivity contribution in [3.05, 3.63) is 22.5 Å². The molecule has 2 N–H and O–H groups in total. The van der Waals surface area contributed by atoms with E-state index >= 15 is 0 Å². The molecule has 3 heterocycles. The Balaban J connectivity index is 1.85. The van der Waals surface area contributed by atoms with Crippen molar-refractivity contribution in [1.82, 2.24) is 15.2 Å². The Morgan fingerprint density at radius 2 is 1.83 bits per heavy atom. The number of piperidine rings is 1. The van der Waals surface area contributed by atoms with Gasteiger partial charge < -0.3 is 15.2 Å². The topological polar surface area (TPSA) is 65.2 Å². The smallest absolute Gasteiger partial charge is 0.270 e. The molecule has 23 heavy (non-hydrogen) atoms. The maximum atomic E-state index is 13.0. The molecule has 0 aliphatic carbocycles. The van der Waals surface area contributed by atoms with Gasteiger partial charge in [-0.25, -0.2) is 0 Å². The molecule has 2 bridgehead atoms. The Hall–Kier alpha value is -1.62. The van der Waals surface area contributed by atoms with Gasteiger partial charge in [0.25, 0.3) is 5.91 Å². The summed E-state index contributed by atoms with van der Waals surface area (Å²) >= 11 is 0. The van der Waals surface area contributed by atoms with E-state index in [2.05, 4.69) is 10.3 Å². The first-order valence-corrected chi connectivity index (χ1v) is 8.67. The zero-order chi connectivity index (χ0) is 16.7. The monoisotopic (exact) mass is 317 g/mol. The van der Waals surface area contributed by atoms with E-state index in [9.17, 15) is 9.59 Å². The number of carbonyl (C=O) groups excluding carboxylic acids is 2. The number of ketones is 1. The molecular weight excluding hydrogens is 290 g/mol. The molecule has 0 radical (unpaired) electrons. The van der Waals surface area contributed by atoms with Gasteiger partial charge in [0.2, 0.25) is 0 Å². The SMILES string of the molecule is CCc1c(C(=O)N(C)C2CC3CCC(C2)N3)[nH]c(C)c1C(C)=O. The van der Waals surface area contributed by atoms with E-state index in [0.29, 0.717) is 29.8 Å². The Bertz CT molecular complexity index is 622. The summed E-state index contributed by atoms with van der Waals surface area (Å²) in [4.78, 5) is 30.0. The van der Waals surface area contributed by atoms with Crippen molar-refractivity contribution in [3.63, 3.8) is 0 Å². The van der Waals surface area contributed by atoms with Crippen molar-refractivity contribution in [2.24, 2.45) is 0 Å². The molecule has 5 heteroatoms. The van der Waals surface area contributed by atoms with Crippen LogP contribution in [0.15, 0.2) is 0 Å². The van der Waals surface area contributed by atoms with Crippen LogP contribution in [0.1, 0.15) is 71.6 Å². The third-order valence-electron chi connectivity index (χ3n) is 5.53. The zero-order valence-corrected chi connectivity index (χ0v) is 14.5. The number of nitrogens with one attached hydrogen (secondary N) is 2. The van der Waals surface area contributed by atoms with E-state index in [0.717, 1.165) is 24.1 Å². The average molecular weight is 317 g/mol. The van der Waals surface area contributed by atoms with Gasteiger partial charge in [-0.2, -0.15) is 0 Å². The fourth-order valence-electron chi connectivity index (χ4n) is 4.38. The van der Waals surface area contributed by atoms with Crippen LogP contribution in [0.5, 0.6) is 0 Å². The van der Waals surface area contributed by atoms with Crippen molar-refractivity contribution in [1.29, 1.82) is 0 Å². The van der Waals surface area contributed by atoms with Gasteiger partial charge in [-0.1, -0.05) is 6.92 Å². The molecule has 1 amide bonds. The summed E-state index contributed by atoms with van der Waals surface area (Å²) in [7, 11) is 1.90. The molecule has 2 aliphatic heterocycles. The van der Waals surface area contributed by atoms with E-state index in [1.807, 2.05) is 25.8 Å². The van der Waals surface area contributed by atoms with Gasteiger partial charge in [0.15, 0.2) is 5.78 Å². The predicted octanol–water partition coefficient (Wildman–Crippen LogP) is 2.44. The van der Waals surface area contributed by atoms with Crippen LogP contribution < -0.4 is 5.32 Å². The van der Waals surface area contributed by atoms with Crippen molar-refractivity contribution < 1.29 is 9.59 Å². The van der Waals surface area contributed by atoms with Crippen LogP contribution in [0.4, 0.5) is 0 Å².